The number of aromatic nitrogens is 2. The molecule has 1 atom stereocenters. The van der Waals surface area contributed by atoms with Gasteiger partial charge in [-0.1, -0.05) is 0 Å². The summed E-state index contributed by atoms with van der Waals surface area (Å²) in [5, 5.41) is 19.0. The Bertz CT molecular complexity index is 397. The number of hydrogen-bond donors (Lipinski definition) is 2. The number of hydrogen-bond acceptors (Lipinski definition) is 5. The molecule has 0 bridgehead atoms. The normalized spacial score (nSPS) is 12.1. The maximum absolute atomic E-state index is 10.8. The number of nitrogens with one attached hydrogen (secondary N) is 1. The van der Waals surface area contributed by atoms with Gasteiger partial charge >= 0.3 is 5.97 Å². The summed E-state index contributed by atoms with van der Waals surface area (Å²) in [7, 11) is -0.830. The molecule has 0 amide bonds. The largest absolute Gasteiger partial charge is 0.478 e. The van der Waals surface area contributed by atoms with Gasteiger partial charge in [0, 0.05) is 29.4 Å². The van der Waals surface area contributed by atoms with Gasteiger partial charge in [-0.05, 0) is 12.5 Å². The number of carboxylic acids is 1. The Morgan fingerprint density at radius 3 is 3.00 bits per heavy atom. The second kappa shape index (κ2) is 6.16. The van der Waals surface area contributed by atoms with Crippen molar-refractivity contribution >= 4 is 22.6 Å². The van der Waals surface area contributed by atoms with Crippen LogP contribution in [0, 0.1) is 0 Å². The van der Waals surface area contributed by atoms with Gasteiger partial charge in [0.1, 0.15) is 5.56 Å². The van der Waals surface area contributed by atoms with Crippen molar-refractivity contribution in [2.24, 2.45) is 0 Å². The second-order valence-electron chi connectivity index (χ2n) is 3.16. The van der Waals surface area contributed by atoms with E-state index in [2.05, 4.69) is 15.5 Å². The molecule has 0 aliphatic heterocycles. The molecule has 0 radical (unpaired) electrons. The standard InChI is InChI=1S/C9H13N3O3S/c1-16(15)6-2-4-10-8-7(9(13)14)3-5-11-12-8/h3,5H,2,4,6H2,1H3,(H,10,12)(H,13,14). The topological polar surface area (TPSA) is 92.2 Å². The fourth-order valence-electron chi connectivity index (χ4n) is 1.12. The van der Waals surface area contributed by atoms with E-state index < -0.39 is 16.8 Å². The number of anilines is 1. The van der Waals surface area contributed by atoms with Crippen LogP contribution in [-0.4, -0.2) is 44.0 Å². The van der Waals surface area contributed by atoms with Crippen LogP contribution < -0.4 is 5.32 Å². The van der Waals surface area contributed by atoms with Crippen molar-refractivity contribution in [1.82, 2.24) is 10.2 Å². The van der Waals surface area contributed by atoms with E-state index in [1.807, 2.05) is 0 Å². The Hall–Kier alpha value is -1.50. The Kier molecular flexibility index (Phi) is 4.84. The van der Waals surface area contributed by atoms with E-state index in [4.69, 9.17) is 5.11 Å². The molecular formula is C9H13N3O3S. The van der Waals surface area contributed by atoms with E-state index >= 15 is 0 Å². The van der Waals surface area contributed by atoms with Crippen molar-refractivity contribution in [1.29, 1.82) is 0 Å². The molecule has 1 aromatic heterocycles. The highest BCUT2D eigenvalue weighted by Gasteiger charge is 2.10. The van der Waals surface area contributed by atoms with E-state index in [0.29, 0.717) is 18.7 Å². The van der Waals surface area contributed by atoms with Crippen molar-refractivity contribution in [3.05, 3.63) is 17.8 Å². The van der Waals surface area contributed by atoms with Crippen LogP contribution in [0.5, 0.6) is 0 Å². The summed E-state index contributed by atoms with van der Waals surface area (Å²) in [6.07, 6.45) is 3.65. The van der Waals surface area contributed by atoms with Crippen LogP contribution >= 0.6 is 0 Å². The van der Waals surface area contributed by atoms with Crippen molar-refractivity contribution in [2.45, 2.75) is 6.42 Å². The molecule has 88 valence electrons. The molecule has 0 fully saturated rings. The average molecular weight is 243 g/mol. The Morgan fingerprint density at radius 1 is 1.62 bits per heavy atom. The third-order valence-electron chi connectivity index (χ3n) is 1.85. The number of carboxylic acid groups (broad SMARTS) is 1. The highest BCUT2D eigenvalue weighted by molar-refractivity contribution is 7.84. The number of rotatable bonds is 6. The van der Waals surface area contributed by atoms with E-state index in [-0.39, 0.29) is 11.4 Å². The monoisotopic (exact) mass is 243 g/mol. The molecule has 0 aromatic carbocycles. The number of carbonyl (C=O) groups is 1. The Morgan fingerprint density at radius 2 is 2.38 bits per heavy atom. The van der Waals surface area contributed by atoms with Gasteiger partial charge in [-0.3, -0.25) is 4.21 Å². The second-order valence-corrected chi connectivity index (χ2v) is 4.71. The van der Waals surface area contributed by atoms with Crippen LogP contribution in [0.2, 0.25) is 0 Å². The molecule has 0 aliphatic carbocycles. The van der Waals surface area contributed by atoms with Gasteiger partial charge in [0.15, 0.2) is 5.82 Å². The van der Waals surface area contributed by atoms with Crippen LogP contribution in [0.25, 0.3) is 0 Å². The summed E-state index contributed by atoms with van der Waals surface area (Å²) in [5.74, 6) is -0.219. The molecule has 6 nitrogen and oxygen atoms in total. The van der Waals surface area contributed by atoms with Crippen molar-refractivity contribution < 1.29 is 14.1 Å². The zero-order valence-electron chi connectivity index (χ0n) is 8.84. The van der Waals surface area contributed by atoms with Crippen LogP contribution in [0.3, 0.4) is 0 Å². The number of aromatic carboxylic acids is 1. The predicted molar refractivity (Wildman–Crippen MR) is 61.0 cm³/mol. The zero-order valence-corrected chi connectivity index (χ0v) is 9.66. The first kappa shape index (κ1) is 12.6. The van der Waals surface area contributed by atoms with E-state index in [1.165, 1.54) is 12.3 Å². The van der Waals surface area contributed by atoms with E-state index in [9.17, 15) is 9.00 Å². The van der Waals surface area contributed by atoms with Gasteiger partial charge in [0.05, 0.1) is 6.20 Å². The summed E-state index contributed by atoms with van der Waals surface area (Å²) in [6.45, 7) is 0.526. The maximum Gasteiger partial charge on any atom is 0.339 e. The fourth-order valence-corrected chi connectivity index (χ4v) is 1.67. The Labute approximate surface area is 95.5 Å². The van der Waals surface area contributed by atoms with Crippen molar-refractivity contribution in [3.63, 3.8) is 0 Å². The molecule has 1 unspecified atom stereocenters. The van der Waals surface area contributed by atoms with Crippen molar-refractivity contribution in [3.8, 4) is 0 Å². The van der Waals surface area contributed by atoms with Crippen LogP contribution in [0.1, 0.15) is 16.8 Å². The highest BCUT2D eigenvalue weighted by atomic mass is 32.2. The third kappa shape index (κ3) is 3.93. The van der Waals surface area contributed by atoms with Crippen LogP contribution in [0.15, 0.2) is 12.3 Å². The van der Waals surface area contributed by atoms with Crippen LogP contribution in [-0.2, 0) is 10.8 Å². The first-order chi connectivity index (χ1) is 7.61. The molecule has 1 rings (SSSR count). The zero-order chi connectivity index (χ0) is 12.0. The van der Waals surface area contributed by atoms with Gasteiger partial charge in [0.2, 0.25) is 0 Å². The summed E-state index contributed by atoms with van der Waals surface area (Å²) < 4.78 is 10.8. The lowest BCUT2D eigenvalue weighted by Crippen LogP contribution is -2.12. The average Bonchev–Trinajstić information content (AvgIpc) is 2.24. The molecule has 7 heteroatoms. The molecule has 2 N–H and O–H groups in total. The molecule has 0 saturated heterocycles. The quantitative estimate of drug-likeness (QED) is 0.701. The molecule has 1 aromatic rings. The van der Waals surface area contributed by atoms with Gasteiger partial charge < -0.3 is 10.4 Å². The molecule has 0 aliphatic rings. The third-order valence-corrected chi connectivity index (χ3v) is 2.72. The predicted octanol–water partition coefficient (Wildman–Crippen LogP) is 0.355. The summed E-state index contributed by atoms with van der Waals surface area (Å²) >= 11 is 0. The molecule has 0 saturated carbocycles. The lowest BCUT2D eigenvalue weighted by Gasteiger charge is -2.06. The number of nitrogens with zero attached hydrogens (tertiary/aromatic N) is 2. The lowest BCUT2D eigenvalue weighted by atomic mass is 10.3. The first-order valence-electron chi connectivity index (χ1n) is 4.70. The summed E-state index contributed by atoms with van der Waals surface area (Å²) in [4.78, 5) is 10.8. The maximum atomic E-state index is 10.8. The van der Waals surface area contributed by atoms with Gasteiger partial charge in [0.25, 0.3) is 0 Å². The van der Waals surface area contributed by atoms with Crippen LogP contribution in [0.4, 0.5) is 5.82 Å². The fraction of sp³-hybridized carbons (Fsp3) is 0.444. The van der Waals surface area contributed by atoms with Gasteiger partial charge in [-0.2, -0.15) is 5.10 Å². The van der Waals surface area contributed by atoms with E-state index in [1.54, 1.807) is 6.26 Å². The summed E-state index contributed by atoms with van der Waals surface area (Å²) in [6, 6.07) is 1.38. The molecule has 0 spiro atoms. The highest BCUT2D eigenvalue weighted by Crippen LogP contribution is 2.09. The molecule has 16 heavy (non-hydrogen) atoms. The summed E-state index contributed by atoms with van der Waals surface area (Å²) in [5.41, 5.74) is 0.0904. The molecular weight excluding hydrogens is 230 g/mol. The minimum Gasteiger partial charge on any atom is -0.478 e. The Balaban J connectivity index is 2.53. The van der Waals surface area contributed by atoms with Crippen molar-refractivity contribution in [2.75, 3.05) is 23.9 Å². The van der Waals surface area contributed by atoms with Gasteiger partial charge in [-0.25, -0.2) is 4.79 Å². The SMILES string of the molecule is CS(=O)CCCNc1nnccc1C(=O)O. The minimum absolute atomic E-state index is 0.0904. The van der Waals surface area contributed by atoms with Gasteiger partial charge in [-0.15, -0.1) is 5.10 Å². The van der Waals surface area contributed by atoms with E-state index in [0.717, 1.165) is 0 Å². The minimum atomic E-state index is -1.04. The first-order valence-corrected chi connectivity index (χ1v) is 6.43. The lowest BCUT2D eigenvalue weighted by molar-refractivity contribution is 0.0697. The molecule has 1 heterocycles. The smallest absolute Gasteiger partial charge is 0.339 e.